The van der Waals surface area contributed by atoms with Crippen molar-refractivity contribution in [3.05, 3.63) is 38.2 Å². The largest absolute Gasteiger partial charge is 0.505 e. The molecule has 0 bridgehead atoms. The van der Waals surface area contributed by atoms with Crippen LogP contribution in [-0.2, 0) is 17.6 Å². The van der Waals surface area contributed by atoms with Gasteiger partial charge in [-0.25, -0.2) is 4.79 Å². The van der Waals surface area contributed by atoms with Crippen LogP contribution in [0, 0.1) is 5.92 Å². The predicted molar refractivity (Wildman–Crippen MR) is 115 cm³/mol. The normalized spacial score (nSPS) is 15.8. The fourth-order valence-corrected chi connectivity index (χ4v) is 5.23. The van der Waals surface area contributed by atoms with E-state index in [1.165, 1.54) is 35.5 Å². The third-order valence-electron chi connectivity index (χ3n) is 4.40. The molecule has 9 heteroatoms. The molecule has 1 unspecified atom stereocenters. The van der Waals surface area contributed by atoms with Gasteiger partial charge in [-0.05, 0) is 55.1 Å². The Morgan fingerprint density at radius 1 is 1.33 bits per heavy atom. The van der Waals surface area contributed by atoms with Crippen molar-refractivity contribution in [1.29, 1.82) is 0 Å². The lowest BCUT2D eigenvalue weighted by atomic mass is 9.88. The Labute approximate surface area is 176 Å². The average molecular weight is 445 g/mol. The van der Waals surface area contributed by atoms with Gasteiger partial charge in [-0.1, -0.05) is 30.1 Å². The molecule has 1 aliphatic carbocycles. The molecule has 1 aromatic carbocycles. The molecular weight excluding hydrogens is 427 g/mol. The maximum absolute atomic E-state index is 12.3. The van der Waals surface area contributed by atoms with Gasteiger partial charge < -0.3 is 20.5 Å². The number of carbonyl (C=O) groups excluding carboxylic acids is 1. The molecule has 0 amide bonds. The molecule has 3 rings (SSSR count). The van der Waals surface area contributed by atoms with Gasteiger partial charge >= 0.3 is 5.97 Å². The summed E-state index contributed by atoms with van der Waals surface area (Å²) < 4.78 is 4.97. The first-order valence-corrected chi connectivity index (χ1v) is 10.3. The lowest BCUT2D eigenvalue weighted by Gasteiger charge is -2.18. The number of thiophene rings is 1. The average Bonchev–Trinajstić information content (AvgIpc) is 2.95. The Kier molecular flexibility index (Phi) is 6.15. The van der Waals surface area contributed by atoms with Gasteiger partial charge in [-0.15, -0.1) is 11.3 Å². The molecule has 0 saturated heterocycles. The smallest absolute Gasteiger partial charge is 0.341 e. The molecule has 1 atom stereocenters. The number of rotatable bonds is 3. The number of hydrogen-bond acceptors (Lipinski definition) is 5. The molecule has 3 N–H and O–H groups in total. The number of thiocarbonyl (C=S) groups is 1. The van der Waals surface area contributed by atoms with E-state index in [2.05, 4.69) is 17.6 Å². The summed E-state index contributed by atoms with van der Waals surface area (Å²) in [5.74, 6) is 0.0275. The number of nitrogens with one attached hydrogen (secondary N) is 2. The summed E-state index contributed by atoms with van der Waals surface area (Å²) >= 11 is 18.8. The zero-order valence-electron chi connectivity index (χ0n) is 14.7. The van der Waals surface area contributed by atoms with E-state index in [0.717, 1.165) is 24.8 Å². The minimum absolute atomic E-state index is 0.114. The maximum Gasteiger partial charge on any atom is 0.341 e. The Morgan fingerprint density at radius 3 is 2.63 bits per heavy atom. The van der Waals surface area contributed by atoms with E-state index < -0.39 is 0 Å². The fraction of sp³-hybridized carbons (Fsp3) is 0.333. The summed E-state index contributed by atoms with van der Waals surface area (Å²) in [6.45, 7) is 2.21. The van der Waals surface area contributed by atoms with Crippen molar-refractivity contribution in [2.75, 3.05) is 17.7 Å². The second-order valence-corrected chi connectivity index (χ2v) is 8.74. The van der Waals surface area contributed by atoms with Crippen LogP contribution in [0.5, 0.6) is 5.75 Å². The third-order valence-corrected chi connectivity index (χ3v) is 6.35. The number of fused-ring (bicyclic) bond motifs is 1. The van der Waals surface area contributed by atoms with E-state index >= 15 is 0 Å². The minimum atomic E-state index is -0.372. The van der Waals surface area contributed by atoms with Crippen molar-refractivity contribution in [2.45, 2.75) is 26.2 Å². The first-order valence-electron chi connectivity index (χ1n) is 8.29. The third kappa shape index (κ3) is 4.32. The van der Waals surface area contributed by atoms with Crippen molar-refractivity contribution >= 4 is 68.5 Å². The van der Waals surface area contributed by atoms with Crippen molar-refractivity contribution in [3.63, 3.8) is 0 Å². The molecule has 0 radical (unpaired) electrons. The number of ether oxygens (including phenoxy) is 1. The number of carbonyl (C=O) groups is 1. The van der Waals surface area contributed by atoms with E-state index in [1.54, 1.807) is 0 Å². The lowest BCUT2D eigenvalue weighted by Crippen LogP contribution is -2.20. The standard InChI is InChI=1S/C18H18Cl2N2O3S2/c1-8-3-4-10-13(5-8)27-16(14(10)17(24)25-2)22-18(26)21-9-6-11(19)15(23)12(20)7-9/h6-8,23H,3-5H2,1-2H3,(H2,21,22,26). The summed E-state index contributed by atoms with van der Waals surface area (Å²) in [5.41, 5.74) is 2.12. The quantitative estimate of drug-likeness (QED) is 0.330. The van der Waals surface area contributed by atoms with Gasteiger partial charge in [-0.2, -0.15) is 0 Å². The van der Waals surface area contributed by atoms with Crippen LogP contribution in [-0.4, -0.2) is 23.3 Å². The highest BCUT2D eigenvalue weighted by Gasteiger charge is 2.28. The van der Waals surface area contributed by atoms with E-state index in [0.29, 0.717) is 22.2 Å². The van der Waals surface area contributed by atoms with Gasteiger partial charge in [0.15, 0.2) is 10.9 Å². The molecule has 5 nitrogen and oxygen atoms in total. The molecule has 1 aliphatic rings. The van der Waals surface area contributed by atoms with Crippen molar-refractivity contribution < 1.29 is 14.6 Å². The van der Waals surface area contributed by atoms with Crippen LogP contribution in [0.25, 0.3) is 0 Å². The molecule has 0 spiro atoms. The van der Waals surface area contributed by atoms with E-state index in [4.69, 9.17) is 40.2 Å². The zero-order chi connectivity index (χ0) is 19.7. The second kappa shape index (κ2) is 8.22. The minimum Gasteiger partial charge on any atom is -0.505 e. The number of phenolic OH excluding ortho intramolecular Hbond substituents is 1. The summed E-state index contributed by atoms with van der Waals surface area (Å²) in [5, 5.41) is 16.9. The topological polar surface area (TPSA) is 70.6 Å². The van der Waals surface area contributed by atoms with Crippen LogP contribution in [0.2, 0.25) is 10.0 Å². The number of halogens is 2. The maximum atomic E-state index is 12.3. The summed E-state index contributed by atoms with van der Waals surface area (Å²) in [6, 6.07) is 3.03. The van der Waals surface area contributed by atoms with Gasteiger partial charge in [0, 0.05) is 10.6 Å². The van der Waals surface area contributed by atoms with Crippen LogP contribution in [0.4, 0.5) is 10.7 Å². The van der Waals surface area contributed by atoms with Crippen molar-refractivity contribution in [1.82, 2.24) is 0 Å². The van der Waals surface area contributed by atoms with E-state index in [-0.39, 0.29) is 26.9 Å². The highest BCUT2D eigenvalue weighted by atomic mass is 35.5. The Hall–Kier alpha value is -1.54. The van der Waals surface area contributed by atoms with E-state index in [1.807, 2.05) is 0 Å². The molecule has 0 fully saturated rings. The number of phenols is 1. The van der Waals surface area contributed by atoms with E-state index in [9.17, 15) is 9.90 Å². The van der Waals surface area contributed by atoms with Gasteiger partial charge in [0.2, 0.25) is 0 Å². The lowest BCUT2D eigenvalue weighted by molar-refractivity contribution is 0.0601. The number of esters is 1. The van der Waals surface area contributed by atoms with Crippen molar-refractivity contribution in [3.8, 4) is 5.75 Å². The molecule has 1 heterocycles. The first kappa shape index (κ1) is 20.2. The van der Waals surface area contributed by atoms with Gasteiger partial charge in [0.05, 0.1) is 22.7 Å². The Balaban J connectivity index is 1.84. The summed E-state index contributed by atoms with van der Waals surface area (Å²) in [7, 11) is 1.37. The van der Waals surface area contributed by atoms with Gasteiger partial charge in [-0.3, -0.25) is 0 Å². The Bertz CT molecular complexity index is 891. The van der Waals surface area contributed by atoms with Crippen LogP contribution >= 0.6 is 46.8 Å². The number of benzene rings is 1. The highest BCUT2D eigenvalue weighted by molar-refractivity contribution is 7.80. The molecule has 0 saturated carbocycles. The number of aromatic hydroxyl groups is 1. The van der Waals surface area contributed by atoms with Crippen LogP contribution in [0.1, 0.15) is 34.1 Å². The second-order valence-electron chi connectivity index (χ2n) is 6.42. The number of anilines is 2. The monoisotopic (exact) mass is 444 g/mol. The Morgan fingerprint density at radius 2 is 2.00 bits per heavy atom. The molecular formula is C18H18Cl2N2O3S2. The molecule has 0 aliphatic heterocycles. The van der Waals surface area contributed by atoms with Crippen LogP contribution < -0.4 is 10.6 Å². The number of methoxy groups -OCH3 is 1. The summed E-state index contributed by atoms with van der Waals surface area (Å²) in [4.78, 5) is 13.5. The molecule has 2 aromatic rings. The first-order chi connectivity index (χ1) is 12.8. The van der Waals surface area contributed by atoms with Gasteiger partial charge in [0.25, 0.3) is 0 Å². The molecule has 27 heavy (non-hydrogen) atoms. The number of hydrogen-bond donors (Lipinski definition) is 3. The highest BCUT2D eigenvalue weighted by Crippen LogP contribution is 2.40. The van der Waals surface area contributed by atoms with Crippen molar-refractivity contribution in [2.24, 2.45) is 5.92 Å². The zero-order valence-corrected chi connectivity index (χ0v) is 17.8. The van der Waals surface area contributed by atoms with Crippen LogP contribution in [0.15, 0.2) is 12.1 Å². The predicted octanol–water partition coefficient (Wildman–Crippen LogP) is 5.48. The van der Waals surface area contributed by atoms with Gasteiger partial charge in [0.1, 0.15) is 5.00 Å². The SMILES string of the molecule is COC(=O)c1c(NC(=S)Nc2cc(Cl)c(O)c(Cl)c2)sc2c1CCC(C)C2. The molecule has 144 valence electrons. The molecule has 1 aromatic heterocycles. The summed E-state index contributed by atoms with van der Waals surface area (Å²) in [6.07, 6.45) is 2.83. The fourth-order valence-electron chi connectivity index (χ4n) is 3.06. The van der Waals surface area contributed by atoms with Crippen LogP contribution in [0.3, 0.4) is 0 Å².